The van der Waals surface area contributed by atoms with Gasteiger partial charge < -0.3 is 14.3 Å². The zero-order valence-electron chi connectivity index (χ0n) is 18.2. The van der Waals surface area contributed by atoms with Crippen LogP contribution in [-0.2, 0) is 19.3 Å². The summed E-state index contributed by atoms with van der Waals surface area (Å²) in [6, 6.07) is 7.17. The molecule has 2 heterocycles. The van der Waals surface area contributed by atoms with Crippen molar-refractivity contribution in [1.29, 1.82) is 0 Å². The smallest absolute Gasteiger partial charge is 0.449 e. The molecule has 0 bridgehead atoms. The van der Waals surface area contributed by atoms with E-state index in [0.29, 0.717) is 16.6 Å². The van der Waals surface area contributed by atoms with E-state index in [1.807, 2.05) is 0 Å². The number of oxazole rings is 1. The van der Waals surface area contributed by atoms with Gasteiger partial charge in [0, 0.05) is 12.6 Å². The molecule has 188 valence electrons. The first-order valence-corrected chi connectivity index (χ1v) is 10.6. The van der Waals surface area contributed by atoms with Crippen molar-refractivity contribution >= 4 is 28.9 Å². The molecule has 14 heteroatoms. The number of aryl methyl sites for hydroxylation is 1. The van der Waals surface area contributed by atoms with Gasteiger partial charge in [0.2, 0.25) is 5.75 Å². The van der Waals surface area contributed by atoms with Gasteiger partial charge in [0.1, 0.15) is 0 Å². The number of ether oxygens (including phenoxy) is 1. The van der Waals surface area contributed by atoms with Gasteiger partial charge >= 0.3 is 23.8 Å². The number of carboxylic acid groups (broad SMARTS) is 1. The second-order valence-corrected chi connectivity index (χ2v) is 7.82. The first-order chi connectivity index (χ1) is 16.9. The lowest BCUT2D eigenvalue weighted by Crippen LogP contribution is -2.40. The molecule has 0 aliphatic carbocycles. The molecule has 0 aliphatic heterocycles. The van der Waals surface area contributed by atoms with E-state index in [1.54, 1.807) is 6.92 Å². The number of halogens is 4. The second-order valence-electron chi connectivity index (χ2n) is 7.45. The first-order valence-electron chi connectivity index (χ1n) is 10.2. The molecule has 0 amide bonds. The quantitative estimate of drug-likeness (QED) is 0.394. The average molecular weight is 526 g/mol. The second kappa shape index (κ2) is 9.07. The summed E-state index contributed by atoms with van der Waals surface area (Å²) in [4.78, 5) is 49.2. The van der Waals surface area contributed by atoms with E-state index in [1.165, 1.54) is 28.8 Å². The lowest BCUT2D eigenvalue weighted by Gasteiger charge is -2.15. The number of rotatable bonds is 5. The van der Waals surface area contributed by atoms with Crippen molar-refractivity contribution in [1.82, 2.24) is 13.7 Å². The summed E-state index contributed by atoms with van der Waals surface area (Å²) in [7, 11) is 0. The predicted molar refractivity (Wildman–Crippen MR) is 120 cm³/mol. The molecule has 0 atom stereocenters. The van der Waals surface area contributed by atoms with Crippen LogP contribution in [0.4, 0.5) is 18.0 Å². The lowest BCUT2D eigenvalue weighted by atomic mass is 10.1. The zero-order valence-corrected chi connectivity index (χ0v) is 19.0. The fourth-order valence-electron chi connectivity index (χ4n) is 3.66. The predicted octanol–water partition coefficient (Wildman–Crippen LogP) is 3.70. The summed E-state index contributed by atoms with van der Waals surface area (Å²) in [6.07, 6.45) is -5.83. The average Bonchev–Trinajstić information content (AvgIpc) is 3.12. The number of alkyl halides is 3. The van der Waals surface area contributed by atoms with E-state index in [-0.39, 0.29) is 16.8 Å². The van der Waals surface area contributed by atoms with Gasteiger partial charge in [0.25, 0.3) is 5.56 Å². The van der Waals surface area contributed by atoms with Crippen LogP contribution in [-0.4, -0.2) is 25.0 Å². The molecule has 0 saturated heterocycles. The van der Waals surface area contributed by atoms with Crippen LogP contribution in [0.25, 0.3) is 16.8 Å². The van der Waals surface area contributed by atoms with Gasteiger partial charge in [-0.05, 0) is 30.7 Å². The fraction of sp³-hybridized carbons (Fsp3) is 0.182. The third-order valence-corrected chi connectivity index (χ3v) is 5.74. The standard InChI is InChI=1S/C22H15ClF3N3O7/c1-2-27-14-7-6-12(8-15(14)35-20(27)32)28-10-16(36-21(33)34)18(30)29(19(28)31)9-11-4-3-5-13(17(11)23)22(24,25)26/h3-8,10H,2,9H2,1H3,(H,33,34). The summed E-state index contributed by atoms with van der Waals surface area (Å²) < 4.78 is 52.1. The number of hydrogen-bond donors (Lipinski definition) is 1. The van der Waals surface area contributed by atoms with Crippen LogP contribution in [0.15, 0.2) is 61.4 Å². The third-order valence-electron chi connectivity index (χ3n) is 5.30. The van der Waals surface area contributed by atoms with Gasteiger partial charge in [-0.2, -0.15) is 13.2 Å². The number of aromatic nitrogens is 3. The highest BCUT2D eigenvalue weighted by atomic mass is 35.5. The van der Waals surface area contributed by atoms with Crippen LogP contribution < -0.4 is 21.7 Å². The molecule has 0 unspecified atom stereocenters. The largest absolute Gasteiger partial charge is 0.511 e. The Morgan fingerprint density at radius 3 is 2.50 bits per heavy atom. The maximum absolute atomic E-state index is 13.3. The Morgan fingerprint density at radius 1 is 1.14 bits per heavy atom. The molecule has 0 fully saturated rings. The van der Waals surface area contributed by atoms with Crippen molar-refractivity contribution in [3.63, 3.8) is 0 Å². The summed E-state index contributed by atoms with van der Waals surface area (Å²) in [6.45, 7) is 1.31. The Bertz CT molecular complexity index is 1680. The zero-order chi connectivity index (χ0) is 26.4. The number of nitrogens with zero attached hydrogens (tertiary/aromatic N) is 3. The lowest BCUT2D eigenvalue weighted by molar-refractivity contribution is -0.137. The van der Waals surface area contributed by atoms with Crippen LogP contribution in [0, 0.1) is 0 Å². The molecule has 0 saturated carbocycles. The Labute approximate surface area is 202 Å². The molecule has 36 heavy (non-hydrogen) atoms. The topological polar surface area (TPSA) is 126 Å². The van der Waals surface area contributed by atoms with Crippen LogP contribution in [0.1, 0.15) is 18.1 Å². The van der Waals surface area contributed by atoms with Crippen molar-refractivity contribution in [3.8, 4) is 11.4 Å². The maximum Gasteiger partial charge on any atom is 0.511 e. The molecule has 0 spiro atoms. The SMILES string of the molecule is CCn1c(=O)oc2cc(-n3cc(OC(=O)O)c(=O)n(Cc4cccc(C(F)(F)F)c4Cl)c3=O)ccc21. The van der Waals surface area contributed by atoms with E-state index in [4.69, 9.17) is 21.1 Å². The van der Waals surface area contributed by atoms with Gasteiger partial charge in [-0.25, -0.2) is 14.4 Å². The Morgan fingerprint density at radius 2 is 1.86 bits per heavy atom. The molecular formula is C22H15ClF3N3O7. The molecular weight excluding hydrogens is 511 g/mol. The number of benzene rings is 2. The van der Waals surface area contributed by atoms with Crippen molar-refractivity contribution < 1.29 is 32.2 Å². The van der Waals surface area contributed by atoms with Gasteiger partial charge in [-0.3, -0.25) is 18.5 Å². The minimum atomic E-state index is -4.79. The van der Waals surface area contributed by atoms with Crippen LogP contribution in [0.2, 0.25) is 5.02 Å². The number of fused-ring (bicyclic) bond motifs is 1. The summed E-state index contributed by atoms with van der Waals surface area (Å²) in [5, 5.41) is 8.29. The van der Waals surface area contributed by atoms with Crippen LogP contribution in [0.5, 0.6) is 5.75 Å². The van der Waals surface area contributed by atoms with Crippen molar-refractivity contribution in [2.45, 2.75) is 26.2 Å². The van der Waals surface area contributed by atoms with E-state index >= 15 is 0 Å². The van der Waals surface area contributed by atoms with E-state index in [0.717, 1.165) is 22.9 Å². The Hall–Kier alpha value is -4.26. The Kier molecular flexibility index (Phi) is 6.26. The maximum atomic E-state index is 13.3. The highest BCUT2D eigenvalue weighted by molar-refractivity contribution is 6.32. The minimum absolute atomic E-state index is 0.0589. The highest BCUT2D eigenvalue weighted by Gasteiger charge is 2.34. The number of carbonyl (C=O) groups is 1. The first kappa shape index (κ1) is 24.9. The van der Waals surface area contributed by atoms with Crippen molar-refractivity contribution in [2.24, 2.45) is 0 Å². The number of hydrogen-bond acceptors (Lipinski definition) is 6. The normalized spacial score (nSPS) is 11.7. The van der Waals surface area contributed by atoms with Crippen LogP contribution >= 0.6 is 11.6 Å². The Balaban J connectivity index is 1.93. The van der Waals surface area contributed by atoms with E-state index in [9.17, 15) is 32.3 Å². The summed E-state index contributed by atoms with van der Waals surface area (Å²) in [5.74, 6) is -1.44. The highest BCUT2D eigenvalue weighted by Crippen LogP contribution is 2.36. The minimum Gasteiger partial charge on any atom is -0.449 e. The van der Waals surface area contributed by atoms with Gasteiger partial charge in [-0.1, -0.05) is 23.7 Å². The van der Waals surface area contributed by atoms with Gasteiger partial charge in [0.05, 0.1) is 34.5 Å². The molecule has 0 aliphatic rings. The van der Waals surface area contributed by atoms with Gasteiger partial charge in [0.15, 0.2) is 5.58 Å². The van der Waals surface area contributed by atoms with E-state index < -0.39 is 52.2 Å². The molecule has 4 aromatic rings. The molecule has 4 rings (SSSR count). The molecule has 1 N–H and O–H groups in total. The molecule has 2 aromatic heterocycles. The summed E-state index contributed by atoms with van der Waals surface area (Å²) in [5.41, 5.74) is -3.06. The van der Waals surface area contributed by atoms with Crippen LogP contribution in [0.3, 0.4) is 0 Å². The fourth-order valence-corrected chi connectivity index (χ4v) is 3.95. The van der Waals surface area contributed by atoms with E-state index in [2.05, 4.69) is 4.74 Å². The van der Waals surface area contributed by atoms with Crippen molar-refractivity contribution in [2.75, 3.05) is 0 Å². The van der Waals surface area contributed by atoms with Crippen molar-refractivity contribution in [3.05, 3.63) is 90.1 Å². The molecule has 10 nitrogen and oxygen atoms in total. The molecule has 2 aromatic carbocycles. The monoisotopic (exact) mass is 525 g/mol. The van der Waals surface area contributed by atoms with Gasteiger partial charge in [-0.15, -0.1) is 0 Å². The third kappa shape index (κ3) is 4.40. The summed E-state index contributed by atoms with van der Waals surface area (Å²) >= 11 is 5.91. The molecule has 0 radical (unpaired) electrons.